The van der Waals surface area contributed by atoms with Gasteiger partial charge in [0.15, 0.2) is 0 Å². The lowest BCUT2D eigenvalue weighted by molar-refractivity contribution is -0.125. The molecule has 0 radical (unpaired) electrons. The lowest BCUT2D eigenvalue weighted by atomic mass is 9.78. The molecule has 2 rings (SSSR count). The number of hydrogen-bond donors (Lipinski definition) is 1. The number of ketones is 1. The van der Waals surface area contributed by atoms with Gasteiger partial charge in [0.25, 0.3) is 0 Å². The summed E-state index contributed by atoms with van der Waals surface area (Å²) < 4.78 is 0. The van der Waals surface area contributed by atoms with Crippen LogP contribution < -0.4 is 0 Å². The van der Waals surface area contributed by atoms with E-state index in [1.165, 1.54) is 11.1 Å². The topological polar surface area (TPSA) is 37.3 Å². The molecule has 0 amide bonds. The van der Waals surface area contributed by atoms with Crippen LogP contribution in [-0.2, 0) is 10.4 Å². The molecule has 0 heterocycles. The Morgan fingerprint density at radius 3 is 2.31 bits per heavy atom. The Kier molecular flexibility index (Phi) is 2.85. The van der Waals surface area contributed by atoms with E-state index in [4.69, 9.17) is 0 Å². The van der Waals surface area contributed by atoms with Gasteiger partial charge in [0.05, 0.1) is 5.60 Å². The molecular weight excluding hydrogens is 200 g/mol. The Bertz CT molecular complexity index is 411. The third-order valence-electron chi connectivity index (χ3n) is 3.68. The molecule has 0 atom stereocenters. The first-order valence-corrected chi connectivity index (χ1v) is 5.83. The van der Waals surface area contributed by atoms with Crippen molar-refractivity contribution in [2.45, 2.75) is 45.1 Å². The summed E-state index contributed by atoms with van der Waals surface area (Å²) in [6.45, 7) is 4.11. The van der Waals surface area contributed by atoms with Crippen molar-refractivity contribution in [1.29, 1.82) is 0 Å². The maximum Gasteiger partial charge on any atom is 0.133 e. The molecule has 1 aliphatic rings. The van der Waals surface area contributed by atoms with Crippen LogP contribution in [0.15, 0.2) is 18.2 Å². The van der Waals surface area contributed by atoms with Crippen molar-refractivity contribution in [2.24, 2.45) is 0 Å². The largest absolute Gasteiger partial charge is 0.385 e. The molecule has 0 bridgehead atoms. The molecule has 1 N–H and O–H groups in total. The van der Waals surface area contributed by atoms with Crippen LogP contribution in [0.4, 0.5) is 0 Å². The lowest BCUT2D eigenvalue weighted by Gasteiger charge is -2.32. The number of benzene rings is 1. The molecule has 1 fully saturated rings. The molecule has 1 aliphatic carbocycles. The van der Waals surface area contributed by atoms with Crippen LogP contribution in [-0.4, -0.2) is 10.9 Å². The SMILES string of the molecule is Cc1ccc(C2(O)CCC(=O)CC2)cc1C. The summed E-state index contributed by atoms with van der Waals surface area (Å²) in [6, 6.07) is 6.07. The summed E-state index contributed by atoms with van der Waals surface area (Å²) in [5.74, 6) is 0.272. The predicted molar refractivity (Wildman–Crippen MR) is 63.3 cm³/mol. The van der Waals surface area contributed by atoms with Crippen molar-refractivity contribution in [3.63, 3.8) is 0 Å². The highest BCUT2D eigenvalue weighted by Crippen LogP contribution is 2.36. The van der Waals surface area contributed by atoms with Gasteiger partial charge >= 0.3 is 0 Å². The summed E-state index contributed by atoms with van der Waals surface area (Å²) in [7, 11) is 0. The highest BCUT2D eigenvalue weighted by atomic mass is 16.3. The molecule has 2 nitrogen and oxygen atoms in total. The van der Waals surface area contributed by atoms with E-state index in [0.717, 1.165) is 5.56 Å². The Labute approximate surface area is 96.3 Å². The number of rotatable bonds is 1. The van der Waals surface area contributed by atoms with Gasteiger partial charge in [-0.2, -0.15) is 0 Å². The molecular formula is C14H18O2. The molecule has 0 saturated heterocycles. The van der Waals surface area contributed by atoms with Crippen molar-refractivity contribution in [1.82, 2.24) is 0 Å². The molecule has 1 aromatic carbocycles. The van der Waals surface area contributed by atoms with Crippen LogP contribution in [0.3, 0.4) is 0 Å². The second-order valence-corrected chi connectivity index (χ2v) is 4.87. The number of hydrogen-bond acceptors (Lipinski definition) is 2. The zero-order valence-corrected chi connectivity index (χ0v) is 9.92. The quantitative estimate of drug-likeness (QED) is 0.786. The average Bonchev–Trinajstić information content (AvgIpc) is 2.26. The minimum Gasteiger partial charge on any atom is -0.385 e. The molecule has 1 saturated carbocycles. The summed E-state index contributed by atoms with van der Waals surface area (Å²) in [5, 5.41) is 10.5. The fourth-order valence-electron chi connectivity index (χ4n) is 2.26. The maximum absolute atomic E-state index is 11.2. The van der Waals surface area contributed by atoms with Crippen LogP contribution in [0.1, 0.15) is 42.4 Å². The highest BCUT2D eigenvalue weighted by Gasteiger charge is 2.33. The highest BCUT2D eigenvalue weighted by molar-refractivity contribution is 5.79. The molecule has 1 aromatic rings. The van der Waals surface area contributed by atoms with Gasteiger partial charge in [-0.15, -0.1) is 0 Å². The van der Waals surface area contributed by atoms with Crippen molar-refractivity contribution in [3.8, 4) is 0 Å². The van der Waals surface area contributed by atoms with Gasteiger partial charge < -0.3 is 5.11 Å². The van der Waals surface area contributed by atoms with Gasteiger partial charge in [-0.3, -0.25) is 4.79 Å². The van der Waals surface area contributed by atoms with Gasteiger partial charge in [-0.1, -0.05) is 18.2 Å². The van der Waals surface area contributed by atoms with E-state index in [1.807, 2.05) is 18.2 Å². The Morgan fingerprint density at radius 2 is 1.75 bits per heavy atom. The van der Waals surface area contributed by atoms with Crippen molar-refractivity contribution >= 4 is 5.78 Å². The fraction of sp³-hybridized carbons (Fsp3) is 0.500. The van der Waals surface area contributed by atoms with E-state index < -0.39 is 5.60 Å². The van der Waals surface area contributed by atoms with Crippen LogP contribution in [0.5, 0.6) is 0 Å². The molecule has 16 heavy (non-hydrogen) atoms. The minimum absolute atomic E-state index is 0.272. The first-order valence-electron chi connectivity index (χ1n) is 5.83. The monoisotopic (exact) mass is 218 g/mol. The molecule has 2 heteroatoms. The zero-order valence-electron chi connectivity index (χ0n) is 9.92. The average molecular weight is 218 g/mol. The molecule has 0 spiro atoms. The number of carbonyl (C=O) groups is 1. The van der Waals surface area contributed by atoms with Gasteiger partial charge in [-0.25, -0.2) is 0 Å². The van der Waals surface area contributed by atoms with Crippen molar-refractivity contribution in [3.05, 3.63) is 34.9 Å². The standard InChI is InChI=1S/C14H18O2/c1-10-3-4-12(9-11(10)2)14(16)7-5-13(15)6-8-14/h3-4,9,16H,5-8H2,1-2H3. The first-order chi connectivity index (χ1) is 7.51. The Morgan fingerprint density at radius 1 is 1.12 bits per heavy atom. The smallest absolute Gasteiger partial charge is 0.133 e. The zero-order chi connectivity index (χ0) is 11.8. The van der Waals surface area contributed by atoms with Crippen molar-refractivity contribution in [2.75, 3.05) is 0 Å². The van der Waals surface area contributed by atoms with E-state index in [2.05, 4.69) is 13.8 Å². The van der Waals surface area contributed by atoms with Crippen LogP contribution in [0.25, 0.3) is 0 Å². The van der Waals surface area contributed by atoms with Gasteiger partial charge in [-0.05, 0) is 43.4 Å². The summed E-state index contributed by atoms with van der Waals surface area (Å²) in [5.41, 5.74) is 2.61. The number of Topliss-reactive ketones (excluding diaryl/α,β-unsaturated/α-hetero) is 1. The van der Waals surface area contributed by atoms with Gasteiger partial charge in [0.1, 0.15) is 5.78 Å². The second kappa shape index (κ2) is 4.02. The Hall–Kier alpha value is -1.15. The normalized spacial score (nSPS) is 19.8. The van der Waals surface area contributed by atoms with Crippen LogP contribution in [0.2, 0.25) is 0 Å². The van der Waals surface area contributed by atoms with E-state index in [1.54, 1.807) is 0 Å². The third kappa shape index (κ3) is 2.03. The van der Waals surface area contributed by atoms with Crippen LogP contribution in [0, 0.1) is 13.8 Å². The van der Waals surface area contributed by atoms with E-state index in [-0.39, 0.29) is 5.78 Å². The second-order valence-electron chi connectivity index (χ2n) is 4.87. The van der Waals surface area contributed by atoms with Crippen LogP contribution >= 0.6 is 0 Å². The van der Waals surface area contributed by atoms with E-state index in [9.17, 15) is 9.90 Å². The molecule has 86 valence electrons. The van der Waals surface area contributed by atoms with E-state index in [0.29, 0.717) is 25.7 Å². The number of aliphatic hydroxyl groups is 1. The predicted octanol–water partition coefficient (Wildman–Crippen LogP) is 2.63. The molecule has 0 aromatic heterocycles. The van der Waals surface area contributed by atoms with Gasteiger partial charge in [0.2, 0.25) is 0 Å². The van der Waals surface area contributed by atoms with Crippen molar-refractivity contribution < 1.29 is 9.90 Å². The first kappa shape index (κ1) is 11.3. The summed E-state index contributed by atoms with van der Waals surface area (Å²) in [6.07, 6.45) is 2.13. The molecule has 0 aliphatic heterocycles. The number of aryl methyl sites for hydroxylation is 2. The fourth-order valence-corrected chi connectivity index (χ4v) is 2.26. The summed E-state index contributed by atoms with van der Waals surface area (Å²) in [4.78, 5) is 11.2. The lowest BCUT2D eigenvalue weighted by Crippen LogP contribution is -2.31. The van der Waals surface area contributed by atoms with E-state index >= 15 is 0 Å². The Balaban J connectivity index is 2.29. The van der Waals surface area contributed by atoms with Gasteiger partial charge in [0, 0.05) is 12.8 Å². The third-order valence-corrected chi connectivity index (χ3v) is 3.68. The minimum atomic E-state index is -0.785. The number of carbonyl (C=O) groups excluding carboxylic acids is 1. The maximum atomic E-state index is 11.2. The summed E-state index contributed by atoms with van der Waals surface area (Å²) >= 11 is 0. The molecule has 0 unspecified atom stereocenters.